The molecular weight excluding hydrogens is 370 g/mol. The van der Waals surface area contributed by atoms with Crippen molar-refractivity contribution < 1.29 is 19.5 Å². The fourth-order valence-electron chi connectivity index (χ4n) is 2.85. The fourth-order valence-corrected chi connectivity index (χ4v) is 2.85. The smallest absolute Gasteiger partial charge is 0.238 e. The summed E-state index contributed by atoms with van der Waals surface area (Å²) < 4.78 is 0. The highest BCUT2D eigenvalue weighted by Crippen LogP contribution is 2.14. The maximum absolute atomic E-state index is 11.8. The third-order valence-corrected chi connectivity index (χ3v) is 4.56. The van der Waals surface area contributed by atoms with E-state index in [2.05, 4.69) is 23.1 Å². The van der Waals surface area contributed by atoms with E-state index in [4.69, 9.17) is 0 Å². The molecule has 0 radical (unpaired) electrons. The molecule has 1 aromatic rings. The van der Waals surface area contributed by atoms with Crippen molar-refractivity contribution in [2.45, 2.75) is 84.0 Å². The zero-order valence-electron chi connectivity index (χ0n) is 17.5. The SMILES string of the molecule is CCCCCCCCCC(=O)NNC(=O)CCCCC(=O)Nc1ccc(O)cc1. The molecule has 0 aliphatic carbocycles. The number of carbonyl (C=O) groups excluding carboxylic acids is 3. The van der Waals surface area contributed by atoms with Gasteiger partial charge >= 0.3 is 0 Å². The molecule has 0 saturated carbocycles. The highest BCUT2D eigenvalue weighted by molar-refractivity contribution is 5.90. The molecule has 3 amide bonds. The first-order valence-electron chi connectivity index (χ1n) is 10.7. The number of nitrogens with one attached hydrogen (secondary N) is 3. The number of hydrogen-bond donors (Lipinski definition) is 4. The largest absolute Gasteiger partial charge is 0.508 e. The van der Waals surface area contributed by atoms with E-state index >= 15 is 0 Å². The van der Waals surface area contributed by atoms with E-state index in [0.29, 0.717) is 31.4 Å². The Labute approximate surface area is 173 Å². The van der Waals surface area contributed by atoms with Gasteiger partial charge in [-0.1, -0.05) is 45.4 Å². The van der Waals surface area contributed by atoms with E-state index in [1.54, 1.807) is 12.1 Å². The summed E-state index contributed by atoms with van der Waals surface area (Å²) in [4.78, 5) is 35.3. The van der Waals surface area contributed by atoms with E-state index in [9.17, 15) is 19.5 Å². The zero-order chi connectivity index (χ0) is 21.3. The van der Waals surface area contributed by atoms with Crippen LogP contribution in [0.2, 0.25) is 0 Å². The molecule has 7 nitrogen and oxygen atoms in total. The molecule has 0 atom stereocenters. The maximum Gasteiger partial charge on any atom is 0.238 e. The van der Waals surface area contributed by atoms with E-state index in [0.717, 1.165) is 19.3 Å². The Kier molecular flexibility index (Phi) is 13.0. The van der Waals surface area contributed by atoms with Gasteiger partial charge in [-0.05, 0) is 43.5 Å². The van der Waals surface area contributed by atoms with Gasteiger partial charge in [0.25, 0.3) is 0 Å². The van der Waals surface area contributed by atoms with Crippen LogP contribution in [0.4, 0.5) is 5.69 Å². The number of phenolic OH excluding ortho intramolecular Hbond substituents is 1. The number of rotatable bonds is 14. The lowest BCUT2D eigenvalue weighted by Gasteiger charge is -2.08. The Balaban J connectivity index is 1.99. The van der Waals surface area contributed by atoms with Crippen LogP contribution in [0.15, 0.2) is 24.3 Å². The van der Waals surface area contributed by atoms with Crippen LogP contribution in [0.1, 0.15) is 84.0 Å². The highest BCUT2D eigenvalue weighted by Gasteiger charge is 2.06. The molecule has 0 aromatic heterocycles. The average molecular weight is 406 g/mol. The minimum absolute atomic E-state index is 0.140. The molecule has 7 heteroatoms. The predicted molar refractivity (Wildman–Crippen MR) is 114 cm³/mol. The number of unbranched alkanes of at least 4 members (excludes halogenated alkanes) is 7. The summed E-state index contributed by atoms with van der Waals surface area (Å²) in [7, 11) is 0. The van der Waals surface area contributed by atoms with Crippen LogP contribution < -0.4 is 16.2 Å². The van der Waals surface area contributed by atoms with Gasteiger partial charge in [0.05, 0.1) is 0 Å². The number of aromatic hydroxyl groups is 1. The number of hydrogen-bond acceptors (Lipinski definition) is 4. The number of benzene rings is 1. The molecule has 29 heavy (non-hydrogen) atoms. The quantitative estimate of drug-likeness (QED) is 0.211. The van der Waals surface area contributed by atoms with Crippen molar-refractivity contribution in [1.82, 2.24) is 10.9 Å². The van der Waals surface area contributed by atoms with Crippen molar-refractivity contribution in [3.05, 3.63) is 24.3 Å². The van der Waals surface area contributed by atoms with Gasteiger partial charge in [0, 0.05) is 24.9 Å². The Bertz CT molecular complexity index is 617. The highest BCUT2D eigenvalue weighted by atomic mass is 16.3. The normalized spacial score (nSPS) is 10.4. The summed E-state index contributed by atoms with van der Waals surface area (Å²) in [5.74, 6) is -0.417. The molecule has 0 unspecified atom stereocenters. The second-order valence-electron chi connectivity index (χ2n) is 7.27. The molecule has 0 heterocycles. The second-order valence-corrected chi connectivity index (χ2v) is 7.27. The Hall–Kier alpha value is -2.57. The third kappa shape index (κ3) is 13.3. The van der Waals surface area contributed by atoms with Gasteiger partial charge in [0.2, 0.25) is 17.7 Å². The average Bonchev–Trinajstić information content (AvgIpc) is 2.70. The van der Waals surface area contributed by atoms with Crippen LogP contribution in [-0.2, 0) is 14.4 Å². The van der Waals surface area contributed by atoms with Gasteiger partial charge in [-0.3, -0.25) is 25.2 Å². The zero-order valence-corrected chi connectivity index (χ0v) is 17.5. The predicted octanol–water partition coefficient (Wildman–Crippen LogP) is 4.18. The van der Waals surface area contributed by atoms with Crippen LogP contribution in [0, 0.1) is 0 Å². The number of amides is 3. The summed E-state index contributed by atoms with van der Waals surface area (Å²) in [6.07, 6.45) is 10.1. The fraction of sp³-hybridized carbons (Fsp3) is 0.591. The lowest BCUT2D eigenvalue weighted by atomic mass is 10.1. The molecule has 0 aliphatic rings. The van der Waals surface area contributed by atoms with Crippen LogP contribution >= 0.6 is 0 Å². The van der Waals surface area contributed by atoms with Crippen molar-refractivity contribution in [2.24, 2.45) is 0 Å². The summed E-state index contributed by atoms with van der Waals surface area (Å²) in [6.45, 7) is 2.19. The topological polar surface area (TPSA) is 108 Å². The molecule has 0 fully saturated rings. The van der Waals surface area contributed by atoms with Gasteiger partial charge in [-0.25, -0.2) is 0 Å². The molecule has 1 aromatic carbocycles. The van der Waals surface area contributed by atoms with Crippen molar-refractivity contribution in [1.29, 1.82) is 0 Å². The molecule has 4 N–H and O–H groups in total. The van der Waals surface area contributed by atoms with Crippen LogP contribution in [0.25, 0.3) is 0 Å². The maximum atomic E-state index is 11.8. The number of anilines is 1. The van der Waals surface area contributed by atoms with Crippen LogP contribution in [-0.4, -0.2) is 22.8 Å². The third-order valence-electron chi connectivity index (χ3n) is 4.56. The Morgan fingerprint density at radius 3 is 1.69 bits per heavy atom. The van der Waals surface area contributed by atoms with Crippen LogP contribution in [0.3, 0.4) is 0 Å². The first kappa shape index (κ1) is 24.5. The minimum atomic E-state index is -0.253. The molecular formula is C22H35N3O4. The van der Waals surface area contributed by atoms with E-state index in [1.807, 2.05) is 0 Å². The van der Waals surface area contributed by atoms with Crippen molar-refractivity contribution in [3.8, 4) is 5.75 Å². The first-order valence-corrected chi connectivity index (χ1v) is 10.7. The van der Waals surface area contributed by atoms with Crippen LogP contribution in [0.5, 0.6) is 5.75 Å². The Morgan fingerprint density at radius 2 is 1.14 bits per heavy atom. The van der Waals surface area contributed by atoms with Gasteiger partial charge in [0.1, 0.15) is 5.75 Å². The van der Waals surface area contributed by atoms with E-state index in [-0.39, 0.29) is 29.9 Å². The van der Waals surface area contributed by atoms with Gasteiger partial charge < -0.3 is 10.4 Å². The van der Waals surface area contributed by atoms with Gasteiger partial charge in [-0.2, -0.15) is 0 Å². The monoisotopic (exact) mass is 405 g/mol. The molecule has 0 spiro atoms. The lowest BCUT2D eigenvalue weighted by molar-refractivity contribution is -0.129. The molecule has 162 valence electrons. The summed E-state index contributed by atoms with van der Waals surface area (Å²) >= 11 is 0. The molecule has 0 bridgehead atoms. The van der Waals surface area contributed by atoms with Crippen molar-refractivity contribution in [3.63, 3.8) is 0 Å². The van der Waals surface area contributed by atoms with Crippen molar-refractivity contribution in [2.75, 3.05) is 5.32 Å². The summed E-state index contributed by atoms with van der Waals surface area (Å²) in [6, 6.07) is 6.25. The lowest BCUT2D eigenvalue weighted by Crippen LogP contribution is -2.41. The van der Waals surface area contributed by atoms with Gasteiger partial charge in [0.15, 0.2) is 0 Å². The molecule has 0 aliphatic heterocycles. The molecule has 1 rings (SSSR count). The summed E-state index contributed by atoms with van der Waals surface area (Å²) in [5, 5.41) is 11.9. The van der Waals surface area contributed by atoms with Crippen molar-refractivity contribution >= 4 is 23.4 Å². The number of carbonyl (C=O) groups is 3. The standard InChI is InChI=1S/C22H35N3O4/c1-2-3-4-5-6-7-8-12-21(28)24-25-22(29)13-10-9-11-20(27)23-18-14-16-19(26)17-15-18/h14-17,26H,2-13H2,1H3,(H,23,27)(H,24,28)(H,25,29). The first-order chi connectivity index (χ1) is 14.0. The minimum Gasteiger partial charge on any atom is -0.508 e. The van der Waals surface area contributed by atoms with E-state index in [1.165, 1.54) is 37.8 Å². The number of phenols is 1. The molecule has 0 saturated heterocycles. The van der Waals surface area contributed by atoms with Gasteiger partial charge in [-0.15, -0.1) is 0 Å². The van der Waals surface area contributed by atoms with E-state index < -0.39 is 0 Å². The number of hydrazine groups is 1. The second kappa shape index (κ2) is 15.4. The Morgan fingerprint density at radius 1 is 0.690 bits per heavy atom. The summed E-state index contributed by atoms with van der Waals surface area (Å²) in [5.41, 5.74) is 5.48.